The number of imide groups is 1. The number of urea groups is 1. The maximum atomic E-state index is 12.7. The van der Waals surface area contributed by atoms with Crippen LogP contribution in [0.25, 0.3) is 0 Å². The van der Waals surface area contributed by atoms with Crippen molar-refractivity contribution in [2.45, 2.75) is 44.6 Å². The van der Waals surface area contributed by atoms with Gasteiger partial charge in [-0.25, -0.2) is 4.79 Å². The number of benzene rings is 1. The SMILES string of the molecule is C[C@@]1(CCc2ccccc2)NC(=O)N(NC(=O)[C@@H]2CC=CCC2)C1=O. The second-order valence-corrected chi connectivity index (χ2v) is 6.85. The minimum Gasteiger partial charge on any atom is -0.322 e. The van der Waals surface area contributed by atoms with Crippen LogP contribution in [0.4, 0.5) is 4.79 Å². The standard InChI is InChI=1S/C19H23N3O3/c1-19(13-12-14-8-4-2-5-9-14)17(24)22(18(25)20-19)21-16(23)15-10-6-3-7-11-15/h2-6,8-9,15H,7,10-13H2,1H3,(H,20,25)(H,21,23)/t15-,19+/m1/s1. The molecule has 0 radical (unpaired) electrons. The van der Waals surface area contributed by atoms with Crippen LogP contribution in [0.5, 0.6) is 0 Å². The van der Waals surface area contributed by atoms with Gasteiger partial charge in [-0.3, -0.25) is 15.0 Å². The van der Waals surface area contributed by atoms with Gasteiger partial charge in [-0.05, 0) is 44.6 Å². The lowest BCUT2D eigenvalue weighted by Crippen LogP contribution is -2.50. The summed E-state index contributed by atoms with van der Waals surface area (Å²) < 4.78 is 0. The Labute approximate surface area is 147 Å². The van der Waals surface area contributed by atoms with Crippen LogP contribution >= 0.6 is 0 Å². The van der Waals surface area contributed by atoms with Crippen LogP contribution in [-0.2, 0) is 16.0 Å². The summed E-state index contributed by atoms with van der Waals surface area (Å²) in [5, 5.41) is 3.56. The molecule has 0 bridgehead atoms. The molecule has 1 heterocycles. The summed E-state index contributed by atoms with van der Waals surface area (Å²) in [5.41, 5.74) is 2.59. The van der Waals surface area contributed by atoms with Crippen LogP contribution in [0.1, 0.15) is 38.2 Å². The number of allylic oxidation sites excluding steroid dienone is 2. The Morgan fingerprint density at radius 3 is 2.72 bits per heavy atom. The Bertz CT molecular complexity index is 701. The van der Waals surface area contributed by atoms with Crippen LogP contribution in [0.3, 0.4) is 0 Å². The molecule has 2 atom stereocenters. The number of nitrogens with one attached hydrogen (secondary N) is 2. The fourth-order valence-electron chi connectivity index (χ4n) is 3.23. The van der Waals surface area contributed by atoms with E-state index in [9.17, 15) is 14.4 Å². The predicted octanol–water partition coefficient (Wildman–Crippen LogP) is 2.32. The Hall–Kier alpha value is -2.63. The van der Waals surface area contributed by atoms with Gasteiger partial charge in [0.05, 0.1) is 0 Å². The first-order chi connectivity index (χ1) is 12.0. The lowest BCUT2D eigenvalue weighted by Gasteiger charge is -2.23. The summed E-state index contributed by atoms with van der Waals surface area (Å²) in [4.78, 5) is 37.2. The molecule has 0 unspecified atom stereocenters. The van der Waals surface area contributed by atoms with Crippen molar-refractivity contribution in [3.05, 3.63) is 48.0 Å². The molecule has 0 aromatic heterocycles. The van der Waals surface area contributed by atoms with E-state index in [-0.39, 0.29) is 11.8 Å². The van der Waals surface area contributed by atoms with Gasteiger partial charge >= 0.3 is 6.03 Å². The highest BCUT2D eigenvalue weighted by atomic mass is 16.2. The summed E-state index contributed by atoms with van der Waals surface area (Å²) in [6.45, 7) is 1.70. The van der Waals surface area contributed by atoms with Crippen LogP contribution in [0.15, 0.2) is 42.5 Å². The van der Waals surface area contributed by atoms with Gasteiger partial charge in [0.25, 0.3) is 5.91 Å². The Morgan fingerprint density at radius 2 is 2.04 bits per heavy atom. The molecule has 132 valence electrons. The number of carbonyl (C=O) groups is 3. The van der Waals surface area contributed by atoms with Crippen molar-refractivity contribution in [2.24, 2.45) is 5.92 Å². The predicted molar refractivity (Wildman–Crippen MR) is 93.2 cm³/mol. The van der Waals surface area contributed by atoms with Gasteiger partial charge in [0, 0.05) is 5.92 Å². The molecule has 1 aromatic carbocycles. The van der Waals surface area contributed by atoms with Crippen LogP contribution < -0.4 is 10.7 Å². The molecule has 0 spiro atoms. The number of rotatable bonds is 5. The zero-order valence-corrected chi connectivity index (χ0v) is 14.3. The topological polar surface area (TPSA) is 78.5 Å². The first kappa shape index (κ1) is 17.2. The maximum Gasteiger partial charge on any atom is 0.344 e. The lowest BCUT2D eigenvalue weighted by molar-refractivity contribution is -0.140. The molecule has 2 aliphatic rings. The van der Waals surface area contributed by atoms with Gasteiger partial charge in [-0.1, -0.05) is 42.5 Å². The van der Waals surface area contributed by atoms with Gasteiger partial charge in [0.15, 0.2) is 0 Å². The van der Waals surface area contributed by atoms with Crippen LogP contribution in [-0.4, -0.2) is 28.4 Å². The molecule has 6 nitrogen and oxygen atoms in total. The molecular weight excluding hydrogens is 318 g/mol. The second kappa shape index (κ2) is 7.09. The molecule has 1 fully saturated rings. The van der Waals surface area contributed by atoms with Crippen LogP contribution in [0, 0.1) is 5.92 Å². The highest BCUT2D eigenvalue weighted by Crippen LogP contribution is 2.23. The fourth-order valence-corrected chi connectivity index (χ4v) is 3.23. The minimum absolute atomic E-state index is 0.193. The Balaban J connectivity index is 1.62. The number of hydrogen-bond acceptors (Lipinski definition) is 3. The number of aryl methyl sites for hydroxylation is 1. The highest BCUT2D eigenvalue weighted by molar-refractivity contribution is 6.07. The molecule has 2 N–H and O–H groups in total. The molecule has 4 amide bonds. The van der Waals surface area contributed by atoms with Crippen LogP contribution in [0.2, 0.25) is 0 Å². The summed E-state index contributed by atoms with van der Waals surface area (Å²) >= 11 is 0. The number of hydrogen-bond donors (Lipinski definition) is 2. The van der Waals surface area contributed by atoms with Crippen molar-refractivity contribution in [3.63, 3.8) is 0 Å². The monoisotopic (exact) mass is 341 g/mol. The van der Waals surface area contributed by atoms with E-state index < -0.39 is 17.5 Å². The van der Waals surface area contributed by atoms with E-state index in [0.717, 1.165) is 23.4 Å². The molecule has 1 aliphatic carbocycles. The van der Waals surface area contributed by atoms with Gasteiger partial charge in [0.2, 0.25) is 5.91 Å². The van der Waals surface area contributed by atoms with E-state index >= 15 is 0 Å². The van der Waals surface area contributed by atoms with E-state index in [0.29, 0.717) is 19.3 Å². The first-order valence-corrected chi connectivity index (χ1v) is 8.66. The van der Waals surface area contributed by atoms with E-state index in [4.69, 9.17) is 0 Å². The molecular formula is C19H23N3O3. The van der Waals surface area contributed by atoms with Crippen molar-refractivity contribution < 1.29 is 14.4 Å². The van der Waals surface area contributed by atoms with E-state index in [2.05, 4.69) is 10.7 Å². The zero-order valence-electron chi connectivity index (χ0n) is 14.3. The Morgan fingerprint density at radius 1 is 1.28 bits per heavy atom. The third kappa shape index (κ3) is 3.73. The summed E-state index contributed by atoms with van der Waals surface area (Å²) in [6, 6.07) is 9.23. The molecule has 25 heavy (non-hydrogen) atoms. The van der Waals surface area contributed by atoms with Crippen molar-refractivity contribution in [1.82, 2.24) is 15.8 Å². The molecule has 0 saturated carbocycles. The van der Waals surface area contributed by atoms with Gasteiger partial charge < -0.3 is 5.32 Å². The van der Waals surface area contributed by atoms with Gasteiger partial charge in [-0.15, -0.1) is 0 Å². The third-order valence-electron chi connectivity index (χ3n) is 4.88. The average Bonchev–Trinajstić information content (AvgIpc) is 2.85. The summed E-state index contributed by atoms with van der Waals surface area (Å²) in [6.07, 6.45) is 7.35. The fraction of sp³-hybridized carbons (Fsp3) is 0.421. The normalized spacial score (nSPS) is 25.8. The summed E-state index contributed by atoms with van der Waals surface area (Å²) in [5.74, 6) is -0.880. The third-order valence-corrected chi connectivity index (χ3v) is 4.88. The highest BCUT2D eigenvalue weighted by Gasteiger charge is 2.48. The smallest absolute Gasteiger partial charge is 0.322 e. The van der Waals surface area contributed by atoms with E-state index in [1.165, 1.54) is 0 Å². The summed E-state index contributed by atoms with van der Waals surface area (Å²) in [7, 11) is 0. The zero-order chi connectivity index (χ0) is 17.9. The Kier molecular flexibility index (Phi) is 4.88. The van der Waals surface area contributed by atoms with Gasteiger partial charge in [0.1, 0.15) is 5.54 Å². The average molecular weight is 341 g/mol. The van der Waals surface area contributed by atoms with Crippen molar-refractivity contribution >= 4 is 17.8 Å². The lowest BCUT2D eigenvalue weighted by atomic mass is 9.93. The number of nitrogens with zero attached hydrogens (tertiary/aromatic N) is 1. The van der Waals surface area contributed by atoms with E-state index in [1.807, 2.05) is 42.5 Å². The molecule has 1 saturated heterocycles. The molecule has 1 aromatic rings. The first-order valence-electron chi connectivity index (χ1n) is 8.66. The van der Waals surface area contributed by atoms with Crippen molar-refractivity contribution in [1.29, 1.82) is 0 Å². The largest absolute Gasteiger partial charge is 0.344 e. The van der Waals surface area contributed by atoms with Crippen molar-refractivity contribution in [3.8, 4) is 0 Å². The molecule has 3 rings (SSSR count). The number of amides is 4. The maximum absolute atomic E-state index is 12.7. The van der Waals surface area contributed by atoms with Crippen molar-refractivity contribution in [2.75, 3.05) is 0 Å². The number of carbonyl (C=O) groups excluding carboxylic acids is 3. The van der Waals surface area contributed by atoms with E-state index in [1.54, 1.807) is 6.92 Å². The molecule has 6 heteroatoms. The second-order valence-electron chi connectivity index (χ2n) is 6.85. The number of hydrazine groups is 1. The van der Waals surface area contributed by atoms with Gasteiger partial charge in [-0.2, -0.15) is 5.01 Å². The molecule has 1 aliphatic heterocycles. The quantitative estimate of drug-likeness (QED) is 0.637. The minimum atomic E-state index is -1.01.